The molecule has 0 spiro atoms. The molecule has 12 nitrogen and oxygen atoms in total. The number of carbonyl (C=O) groups excluding carboxylic acids is 1. The number of non-ortho nitro benzene ring substituents is 1. The standard InChI is InChI=1S/C21H13ClN6O6/c22-15-4-1-3-13(9-15)20-14(11-23-24-21(29)19-5-2-8-34-19)12-26(25-20)17-7-6-16(27(30)31)10-18(17)28(32)33/h1-12H,(H,24,29)/b23-11+. The summed E-state index contributed by atoms with van der Waals surface area (Å²) in [4.78, 5) is 33.2. The van der Waals surface area contributed by atoms with E-state index in [-0.39, 0.29) is 11.4 Å². The number of halogens is 1. The third-order valence-corrected chi connectivity index (χ3v) is 4.80. The molecular weight excluding hydrogens is 468 g/mol. The molecule has 0 saturated heterocycles. The molecule has 2 aromatic carbocycles. The van der Waals surface area contributed by atoms with Crippen LogP contribution >= 0.6 is 11.6 Å². The van der Waals surface area contributed by atoms with Crippen molar-refractivity contribution in [3.63, 3.8) is 0 Å². The third kappa shape index (κ3) is 4.66. The van der Waals surface area contributed by atoms with Gasteiger partial charge in [-0.15, -0.1) is 0 Å². The molecule has 2 heterocycles. The summed E-state index contributed by atoms with van der Waals surface area (Å²) in [5.74, 6) is -0.520. The number of nitro benzene ring substituents is 2. The number of carbonyl (C=O) groups is 1. The van der Waals surface area contributed by atoms with Gasteiger partial charge in [0.25, 0.3) is 5.69 Å². The lowest BCUT2D eigenvalue weighted by atomic mass is 10.1. The van der Waals surface area contributed by atoms with Crippen molar-refractivity contribution in [1.29, 1.82) is 0 Å². The molecule has 34 heavy (non-hydrogen) atoms. The number of hydrogen-bond donors (Lipinski definition) is 1. The Morgan fingerprint density at radius 2 is 1.94 bits per heavy atom. The highest BCUT2D eigenvalue weighted by molar-refractivity contribution is 6.30. The van der Waals surface area contributed by atoms with Crippen LogP contribution in [-0.2, 0) is 0 Å². The fourth-order valence-electron chi connectivity index (χ4n) is 3.05. The minimum Gasteiger partial charge on any atom is -0.459 e. The smallest absolute Gasteiger partial charge is 0.307 e. The topological polar surface area (TPSA) is 159 Å². The molecule has 0 radical (unpaired) electrons. The van der Waals surface area contributed by atoms with Crippen LogP contribution in [-0.4, -0.2) is 31.7 Å². The van der Waals surface area contributed by atoms with Crippen molar-refractivity contribution in [1.82, 2.24) is 15.2 Å². The molecule has 4 rings (SSSR count). The maximum absolute atomic E-state index is 12.0. The van der Waals surface area contributed by atoms with E-state index in [9.17, 15) is 25.0 Å². The van der Waals surface area contributed by atoms with E-state index in [0.29, 0.717) is 21.8 Å². The number of nitrogens with zero attached hydrogens (tertiary/aromatic N) is 5. The largest absolute Gasteiger partial charge is 0.459 e. The van der Waals surface area contributed by atoms with E-state index >= 15 is 0 Å². The molecule has 0 bridgehead atoms. The average Bonchev–Trinajstić information content (AvgIpc) is 3.49. The fourth-order valence-corrected chi connectivity index (χ4v) is 3.24. The van der Waals surface area contributed by atoms with Crippen LogP contribution in [0.1, 0.15) is 16.1 Å². The Morgan fingerprint density at radius 3 is 2.62 bits per heavy atom. The highest BCUT2D eigenvalue weighted by Gasteiger charge is 2.23. The van der Waals surface area contributed by atoms with Gasteiger partial charge in [0.2, 0.25) is 0 Å². The normalized spacial score (nSPS) is 11.0. The van der Waals surface area contributed by atoms with E-state index in [2.05, 4.69) is 15.6 Å². The van der Waals surface area contributed by atoms with E-state index < -0.39 is 27.1 Å². The van der Waals surface area contributed by atoms with E-state index in [1.807, 2.05) is 0 Å². The van der Waals surface area contributed by atoms with Gasteiger partial charge >= 0.3 is 11.6 Å². The van der Waals surface area contributed by atoms with Crippen LogP contribution in [0.25, 0.3) is 16.9 Å². The molecule has 0 aliphatic carbocycles. The first-order chi connectivity index (χ1) is 16.3. The monoisotopic (exact) mass is 480 g/mol. The van der Waals surface area contributed by atoms with Crippen LogP contribution in [0.4, 0.5) is 11.4 Å². The number of aromatic nitrogens is 2. The lowest BCUT2D eigenvalue weighted by Gasteiger charge is -2.03. The van der Waals surface area contributed by atoms with Crippen molar-refractivity contribution in [2.24, 2.45) is 5.10 Å². The fraction of sp³-hybridized carbons (Fsp3) is 0. The van der Waals surface area contributed by atoms with Gasteiger partial charge in [0.1, 0.15) is 11.4 Å². The Balaban J connectivity index is 1.77. The van der Waals surface area contributed by atoms with Crippen molar-refractivity contribution in [2.75, 3.05) is 0 Å². The SMILES string of the molecule is O=C(N/N=C/c1cn(-c2ccc([N+](=O)[O-])cc2[N+](=O)[O-])nc1-c1cccc(Cl)c1)c1ccco1. The summed E-state index contributed by atoms with van der Waals surface area (Å²) in [5, 5.41) is 31.4. The van der Waals surface area contributed by atoms with E-state index in [1.54, 1.807) is 30.3 Å². The molecule has 0 atom stereocenters. The number of rotatable bonds is 7. The lowest BCUT2D eigenvalue weighted by Crippen LogP contribution is -2.16. The number of nitro groups is 2. The van der Waals surface area contributed by atoms with Crippen molar-refractivity contribution < 1.29 is 19.1 Å². The van der Waals surface area contributed by atoms with Gasteiger partial charge in [-0.1, -0.05) is 23.7 Å². The Hall–Kier alpha value is -4.84. The van der Waals surface area contributed by atoms with E-state index in [1.165, 1.54) is 35.5 Å². The number of amides is 1. The molecule has 0 fully saturated rings. The Labute approximate surface area is 195 Å². The second-order valence-corrected chi connectivity index (χ2v) is 7.19. The molecular formula is C21H13ClN6O6. The average molecular weight is 481 g/mol. The van der Waals surface area contributed by atoms with Gasteiger partial charge in [-0.25, -0.2) is 10.1 Å². The summed E-state index contributed by atoms with van der Waals surface area (Å²) in [6, 6.07) is 13.0. The van der Waals surface area contributed by atoms with Gasteiger partial charge < -0.3 is 4.42 Å². The summed E-state index contributed by atoms with van der Waals surface area (Å²) in [6.45, 7) is 0. The second-order valence-electron chi connectivity index (χ2n) is 6.75. The summed E-state index contributed by atoms with van der Waals surface area (Å²) in [6.07, 6.45) is 4.09. The van der Waals surface area contributed by atoms with Crippen LogP contribution in [0.15, 0.2) is 76.6 Å². The van der Waals surface area contributed by atoms with Gasteiger partial charge in [0.15, 0.2) is 5.76 Å². The van der Waals surface area contributed by atoms with Gasteiger partial charge in [0.05, 0.1) is 28.4 Å². The van der Waals surface area contributed by atoms with E-state index in [0.717, 1.165) is 12.1 Å². The van der Waals surface area contributed by atoms with Crippen molar-refractivity contribution in [2.45, 2.75) is 0 Å². The predicted molar refractivity (Wildman–Crippen MR) is 121 cm³/mol. The quantitative estimate of drug-likeness (QED) is 0.233. The molecule has 4 aromatic rings. The molecule has 170 valence electrons. The van der Waals surface area contributed by atoms with Crippen LogP contribution in [0.3, 0.4) is 0 Å². The van der Waals surface area contributed by atoms with Crippen LogP contribution in [0, 0.1) is 20.2 Å². The van der Waals surface area contributed by atoms with Crippen molar-refractivity contribution in [3.05, 3.63) is 104 Å². The summed E-state index contributed by atoms with van der Waals surface area (Å²) < 4.78 is 6.20. The van der Waals surface area contributed by atoms with Gasteiger partial charge in [0, 0.05) is 28.4 Å². The number of furan rings is 1. The maximum atomic E-state index is 12.0. The molecule has 0 saturated carbocycles. The highest BCUT2D eigenvalue weighted by atomic mass is 35.5. The summed E-state index contributed by atoms with van der Waals surface area (Å²) in [7, 11) is 0. The zero-order valence-electron chi connectivity index (χ0n) is 17.0. The molecule has 1 N–H and O–H groups in total. The van der Waals surface area contributed by atoms with Crippen molar-refractivity contribution in [3.8, 4) is 16.9 Å². The molecule has 1 amide bonds. The molecule has 2 aromatic heterocycles. The number of benzene rings is 2. The van der Waals surface area contributed by atoms with Crippen molar-refractivity contribution >= 4 is 35.1 Å². The van der Waals surface area contributed by atoms with E-state index in [4.69, 9.17) is 16.0 Å². The first kappa shape index (κ1) is 22.4. The first-order valence-electron chi connectivity index (χ1n) is 9.49. The predicted octanol–water partition coefficient (Wildman–Crippen LogP) is 4.37. The molecule has 13 heteroatoms. The van der Waals surface area contributed by atoms with Gasteiger partial charge in [-0.05, 0) is 30.3 Å². The molecule has 0 aliphatic rings. The zero-order valence-corrected chi connectivity index (χ0v) is 17.7. The van der Waals surface area contributed by atoms with Gasteiger partial charge in [-0.3, -0.25) is 25.0 Å². The minimum absolute atomic E-state index is 0.00171. The third-order valence-electron chi connectivity index (χ3n) is 4.57. The summed E-state index contributed by atoms with van der Waals surface area (Å²) in [5.41, 5.74) is 2.69. The Kier molecular flexibility index (Phi) is 6.14. The molecule has 0 aliphatic heterocycles. The van der Waals surface area contributed by atoms with Gasteiger partial charge in [-0.2, -0.15) is 10.2 Å². The Bertz CT molecular complexity index is 1430. The first-order valence-corrected chi connectivity index (χ1v) is 9.87. The van der Waals surface area contributed by atoms with Crippen LogP contribution in [0.2, 0.25) is 5.02 Å². The highest BCUT2D eigenvalue weighted by Crippen LogP contribution is 2.30. The lowest BCUT2D eigenvalue weighted by molar-refractivity contribution is -0.394. The second kappa shape index (κ2) is 9.34. The summed E-state index contributed by atoms with van der Waals surface area (Å²) >= 11 is 6.10. The number of hydrogen-bond acceptors (Lipinski definition) is 8. The van der Waals surface area contributed by atoms with Crippen LogP contribution < -0.4 is 5.43 Å². The minimum atomic E-state index is -0.736. The molecule has 0 unspecified atom stereocenters. The van der Waals surface area contributed by atoms with Crippen LogP contribution in [0.5, 0.6) is 0 Å². The number of hydrazone groups is 1. The maximum Gasteiger partial charge on any atom is 0.307 e. The Morgan fingerprint density at radius 1 is 1.12 bits per heavy atom. The number of nitrogens with one attached hydrogen (secondary N) is 1. The zero-order chi connectivity index (χ0) is 24.2.